The van der Waals surface area contributed by atoms with E-state index in [1.54, 1.807) is 6.07 Å². The van der Waals surface area contributed by atoms with E-state index in [2.05, 4.69) is 29.5 Å². The van der Waals surface area contributed by atoms with Gasteiger partial charge in [-0.05, 0) is 31.5 Å². The van der Waals surface area contributed by atoms with Crippen molar-refractivity contribution in [2.75, 3.05) is 0 Å². The number of fused-ring (bicyclic) bond motifs is 1. The van der Waals surface area contributed by atoms with Crippen LogP contribution in [0.4, 0.5) is 0 Å². The number of halogens is 1. The molecular weight excluding hydrogens is 234 g/mol. The lowest BCUT2D eigenvalue weighted by molar-refractivity contribution is 0.530. The molecule has 1 atom stereocenters. The standard InChI is InChI=1S/C13H14ClN3/c1-3-9(2)17-12-6-10(8-15)4-5-11(12)16-13(17)7-14/h4-6,9H,3,7H2,1-2H3. The monoisotopic (exact) mass is 247 g/mol. The smallest absolute Gasteiger partial charge is 0.125 e. The van der Waals surface area contributed by atoms with Crippen molar-refractivity contribution in [1.29, 1.82) is 5.26 Å². The maximum atomic E-state index is 8.94. The maximum absolute atomic E-state index is 8.94. The van der Waals surface area contributed by atoms with Crippen LogP contribution in [0.15, 0.2) is 18.2 Å². The summed E-state index contributed by atoms with van der Waals surface area (Å²) in [4.78, 5) is 4.50. The van der Waals surface area contributed by atoms with E-state index in [-0.39, 0.29) is 0 Å². The van der Waals surface area contributed by atoms with Crippen LogP contribution in [0.2, 0.25) is 0 Å². The molecule has 0 fully saturated rings. The largest absolute Gasteiger partial charge is 0.324 e. The predicted octanol–water partition coefficient (Wildman–Crippen LogP) is 3.62. The Hall–Kier alpha value is -1.53. The van der Waals surface area contributed by atoms with E-state index in [4.69, 9.17) is 16.9 Å². The number of nitriles is 1. The van der Waals surface area contributed by atoms with Crippen molar-refractivity contribution in [1.82, 2.24) is 9.55 Å². The summed E-state index contributed by atoms with van der Waals surface area (Å²) >= 11 is 5.93. The second kappa shape index (κ2) is 4.77. The highest BCUT2D eigenvalue weighted by atomic mass is 35.5. The zero-order valence-electron chi connectivity index (χ0n) is 9.94. The summed E-state index contributed by atoms with van der Waals surface area (Å²) in [5, 5.41) is 8.94. The highest BCUT2D eigenvalue weighted by molar-refractivity contribution is 6.16. The van der Waals surface area contributed by atoms with Crippen molar-refractivity contribution in [3.63, 3.8) is 0 Å². The summed E-state index contributed by atoms with van der Waals surface area (Å²) < 4.78 is 2.13. The van der Waals surface area contributed by atoms with Crippen LogP contribution in [-0.4, -0.2) is 9.55 Å². The topological polar surface area (TPSA) is 41.6 Å². The zero-order valence-corrected chi connectivity index (χ0v) is 10.7. The summed E-state index contributed by atoms with van der Waals surface area (Å²) in [5.41, 5.74) is 2.55. The molecule has 0 aliphatic heterocycles. The molecule has 1 unspecified atom stereocenters. The van der Waals surface area contributed by atoms with Gasteiger partial charge in [0.15, 0.2) is 0 Å². The minimum Gasteiger partial charge on any atom is -0.324 e. The van der Waals surface area contributed by atoms with Crippen LogP contribution in [0.25, 0.3) is 11.0 Å². The van der Waals surface area contributed by atoms with Crippen molar-refractivity contribution in [3.8, 4) is 6.07 Å². The molecule has 4 heteroatoms. The van der Waals surface area contributed by atoms with Crippen molar-refractivity contribution >= 4 is 22.6 Å². The number of benzene rings is 1. The van der Waals surface area contributed by atoms with Crippen molar-refractivity contribution in [2.24, 2.45) is 0 Å². The number of aromatic nitrogens is 2. The average Bonchev–Trinajstić information content (AvgIpc) is 2.74. The summed E-state index contributed by atoms with van der Waals surface area (Å²) in [6.45, 7) is 4.26. The number of rotatable bonds is 3. The highest BCUT2D eigenvalue weighted by Gasteiger charge is 2.14. The van der Waals surface area contributed by atoms with Gasteiger partial charge >= 0.3 is 0 Å². The van der Waals surface area contributed by atoms with Gasteiger partial charge in [0.25, 0.3) is 0 Å². The number of imidazole rings is 1. The van der Waals surface area contributed by atoms with Crippen LogP contribution >= 0.6 is 11.6 Å². The molecule has 0 aliphatic carbocycles. The normalized spacial score (nSPS) is 12.6. The van der Waals surface area contributed by atoms with Gasteiger partial charge in [0.1, 0.15) is 5.82 Å². The molecular formula is C13H14ClN3. The molecule has 2 aromatic rings. The van der Waals surface area contributed by atoms with E-state index >= 15 is 0 Å². The molecule has 0 amide bonds. The first-order valence-corrected chi connectivity index (χ1v) is 6.21. The maximum Gasteiger partial charge on any atom is 0.125 e. The summed E-state index contributed by atoms with van der Waals surface area (Å²) in [6.07, 6.45) is 1.01. The fraction of sp³-hybridized carbons (Fsp3) is 0.385. The van der Waals surface area contributed by atoms with Crippen LogP contribution in [-0.2, 0) is 5.88 Å². The Bertz CT molecular complexity index is 580. The van der Waals surface area contributed by atoms with Crippen LogP contribution < -0.4 is 0 Å². The summed E-state index contributed by atoms with van der Waals surface area (Å²) in [5.74, 6) is 1.26. The van der Waals surface area contributed by atoms with Gasteiger partial charge in [0.05, 0.1) is 28.5 Å². The molecule has 88 valence electrons. The fourth-order valence-electron chi connectivity index (χ4n) is 1.98. The molecule has 2 rings (SSSR count). The predicted molar refractivity (Wildman–Crippen MR) is 69.0 cm³/mol. The minimum absolute atomic E-state index is 0.336. The summed E-state index contributed by atoms with van der Waals surface area (Å²) in [7, 11) is 0. The Labute approximate surface area is 106 Å². The first-order valence-electron chi connectivity index (χ1n) is 5.68. The molecule has 3 nitrogen and oxygen atoms in total. The third-order valence-electron chi connectivity index (χ3n) is 3.04. The van der Waals surface area contributed by atoms with Crippen molar-refractivity contribution < 1.29 is 0 Å². The van der Waals surface area contributed by atoms with Gasteiger partial charge in [0, 0.05) is 6.04 Å². The van der Waals surface area contributed by atoms with Gasteiger partial charge in [-0.15, -0.1) is 11.6 Å². The fourth-order valence-corrected chi connectivity index (χ4v) is 2.17. The second-order valence-electron chi connectivity index (χ2n) is 4.10. The third-order valence-corrected chi connectivity index (χ3v) is 3.28. The van der Waals surface area contributed by atoms with Crippen LogP contribution in [0.5, 0.6) is 0 Å². The Kier molecular flexibility index (Phi) is 3.35. The molecule has 1 aromatic carbocycles. The van der Waals surface area contributed by atoms with Gasteiger partial charge in [-0.3, -0.25) is 0 Å². The van der Waals surface area contributed by atoms with E-state index in [1.807, 2.05) is 12.1 Å². The number of alkyl halides is 1. The first kappa shape index (κ1) is 11.9. The van der Waals surface area contributed by atoms with Gasteiger partial charge in [0.2, 0.25) is 0 Å². The molecule has 1 aromatic heterocycles. The SMILES string of the molecule is CCC(C)n1c(CCl)nc2ccc(C#N)cc21. The van der Waals surface area contributed by atoms with Crippen molar-refractivity contribution in [2.45, 2.75) is 32.2 Å². The van der Waals surface area contributed by atoms with E-state index in [1.165, 1.54) is 0 Å². The Balaban J connectivity index is 2.72. The number of hydrogen-bond acceptors (Lipinski definition) is 2. The highest BCUT2D eigenvalue weighted by Crippen LogP contribution is 2.24. The minimum atomic E-state index is 0.336. The third kappa shape index (κ3) is 2.01. The molecule has 0 spiro atoms. The molecule has 0 saturated heterocycles. The van der Waals surface area contributed by atoms with Crippen molar-refractivity contribution in [3.05, 3.63) is 29.6 Å². The van der Waals surface area contributed by atoms with Crippen LogP contribution in [0.1, 0.15) is 37.7 Å². The number of nitrogens with zero attached hydrogens (tertiary/aromatic N) is 3. The lowest BCUT2D eigenvalue weighted by atomic mass is 10.2. The molecule has 0 aliphatic rings. The summed E-state index contributed by atoms with van der Waals surface area (Å²) in [6, 6.07) is 8.04. The van der Waals surface area contributed by atoms with Crippen LogP contribution in [0.3, 0.4) is 0 Å². The van der Waals surface area contributed by atoms with Crippen LogP contribution in [0, 0.1) is 11.3 Å². The lowest BCUT2D eigenvalue weighted by Crippen LogP contribution is -2.07. The first-order chi connectivity index (χ1) is 8.21. The van der Waals surface area contributed by atoms with Gasteiger partial charge in [-0.25, -0.2) is 4.98 Å². The Morgan fingerprint density at radius 2 is 2.29 bits per heavy atom. The average molecular weight is 248 g/mol. The molecule has 1 heterocycles. The molecule has 0 bridgehead atoms. The van der Waals surface area contributed by atoms with E-state index in [0.29, 0.717) is 17.5 Å². The van der Waals surface area contributed by atoms with E-state index in [9.17, 15) is 0 Å². The molecule has 0 N–H and O–H groups in total. The molecule has 0 radical (unpaired) electrons. The number of hydrogen-bond donors (Lipinski definition) is 0. The quantitative estimate of drug-likeness (QED) is 0.778. The second-order valence-corrected chi connectivity index (χ2v) is 4.37. The Morgan fingerprint density at radius 3 is 2.88 bits per heavy atom. The van der Waals surface area contributed by atoms with Gasteiger partial charge in [-0.1, -0.05) is 6.92 Å². The lowest BCUT2D eigenvalue weighted by Gasteiger charge is -2.14. The molecule has 17 heavy (non-hydrogen) atoms. The molecule has 0 saturated carbocycles. The van der Waals surface area contributed by atoms with E-state index in [0.717, 1.165) is 23.3 Å². The zero-order chi connectivity index (χ0) is 12.4. The van der Waals surface area contributed by atoms with Gasteiger partial charge < -0.3 is 4.57 Å². The Morgan fingerprint density at radius 1 is 1.53 bits per heavy atom. The van der Waals surface area contributed by atoms with E-state index < -0.39 is 0 Å². The van der Waals surface area contributed by atoms with Gasteiger partial charge in [-0.2, -0.15) is 5.26 Å².